The molecule has 21 heavy (non-hydrogen) atoms. The molecule has 2 heterocycles. The maximum Gasteiger partial charge on any atom is 0.293 e. The second-order valence-corrected chi connectivity index (χ2v) is 5.67. The number of nitrogens with zero attached hydrogens (tertiary/aromatic N) is 4. The van der Waals surface area contributed by atoms with Crippen molar-refractivity contribution in [3.63, 3.8) is 0 Å². The lowest BCUT2D eigenvalue weighted by molar-refractivity contribution is -0.383. The molecule has 3 rings (SSSR count). The number of aryl methyl sites for hydroxylation is 1. The molecule has 2 N–H and O–H groups in total. The molecule has 0 saturated carbocycles. The molecule has 3 aromatic rings. The molecule has 0 spiro atoms. The molecule has 1 aromatic carbocycles. The zero-order chi connectivity index (χ0) is 14.8. The average molecular weight is 304 g/mol. The monoisotopic (exact) mass is 304 g/mol. The molecular weight excluding hydrogens is 292 g/mol. The number of anilines is 1. The van der Waals surface area contributed by atoms with E-state index in [-0.39, 0.29) is 10.6 Å². The number of fused-ring (bicyclic) bond motifs is 1. The van der Waals surface area contributed by atoms with Crippen molar-refractivity contribution >= 4 is 32.9 Å². The van der Waals surface area contributed by atoms with Crippen LogP contribution in [0.1, 0.15) is 10.8 Å². The van der Waals surface area contributed by atoms with Crippen molar-refractivity contribution in [3.05, 3.63) is 39.4 Å². The SMILES string of the molecule is Cc1nc2cc(NCCc3ncn[nH]3)c([N+](=O)[O-])cc2s1. The lowest BCUT2D eigenvalue weighted by Crippen LogP contribution is -2.07. The van der Waals surface area contributed by atoms with Crippen molar-refractivity contribution in [1.29, 1.82) is 0 Å². The Labute approximate surface area is 123 Å². The second-order valence-electron chi connectivity index (χ2n) is 4.44. The van der Waals surface area contributed by atoms with E-state index in [0.29, 0.717) is 18.7 Å². The summed E-state index contributed by atoms with van der Waals surface area (Å²) in [4.78, 5) is 19.2. The summed E-state index contributed by atoms with van der Waals surface area (Å²) in [6, 6.07) is 3.29. The van der Waals surface area contributed by atoms with E-state index in [1.807, 2.05) is 6.92 Å². The number of hydrogen-bond acceptors (Lipinski definition) is 7. The second kappa shape index (κ2) is 5.44. The number of nitro groups is 1. The number of aromatic nitrogens is 4. The van der Waals surface area contributed by atoms with Crippen molar-refractivity contribution in [2.24, 2.45) is 0 Å². The van der Waals surface area contributed by atoms with E-state index in [2.05, 4.69) is 25.5 Å². The van der Waals surface area contributed by atoms with Crippen molar-refractivity contribution in [2.75, 3.05) is 11.9 Å². The first-order valence-corrected chi connectivity index (χ1v) is 7.09. The number of nitrogens with one attached hydrogen (secondary N) is 2. The number of aromatic amines is 1. The third-order valence-corrected chi connectivity index (χ3v) is 3.89. The standard InChI is InChI=1S/C12H12N6O2S/c1-7-16-9-4-8(10(18(19)20)5-11(9)21-7)13-3-2-12-14-6-15-17-12/h4-6,13H,2-3H2,1H3,(H,14,15,17). The minimum absolute atomic E-state index is 0.0590. The summed E-state index contributed by atoms with van der Waals surface area (Å²) in [6.07, 6.45) is 2.03. The largest absolute Gasteiger partial charge is 0.379 e. The van der Waals surface area contributed by atoms with E-state index >= 15 is 0 Å². The Balaban J connectivity index is 1.84. The first-order valence-electron chi connectivity index (χ1n) is 6.27. The molecule has 2 aromatic heterocycles. The maximum atomic E-state index is 11.2. The predicted molar refractivity (Wildman–Crippen MR) is 79.6 cm³/mol. The van der Waals surface area contributed by atoms with Gasteiger partial charge in [-0.1, -0.05) is 0 Å². The zero-order valence-electron chi connectivity index (χ0n) is 11.2. The molecule has 108 valence electrons. The highest BCUT2D eigenvalue weighted by atomic mass is 32.1. The molecule has 0 amide bonds. The normalized spacial score (nSPS) is 10.9. The number of rotatable bonds is 5. The van der Waals surface area contributed by atoms with E-state index in [4.69, 9.17) is 0 Å². The fourth-order valence-corrected chi connectivity index (χ4v) is 2.88. The Bertz CT molecular complexity index is 783. The first-order chi connectivity index (χ1) is 10.1. The van der Waals surface area contributed by atoms with E-state index in [9.17, 15) is 10.1 Å². The highest BCUT2D eigenvalue weighted by Crippen LogP contribution is 2.32. The van der Waals surface area contributed by atoms with Gasteiger partial charge in [0, 0.05) is 19.0 Å². The molecule has 0 bridgehead atoms. The van der Waals surface area contributed by atoms with Crippen LogP contribution in [0, 0.1) is 17.0 Å². The molecule has 9 heteroatoms. The van der Waals surface area contributed by atoms with Crippen LogP contribution >= 0.6 is 11.3 Å². The van der Waals surface area contributed by atoms with E-state index in [1.165, 1.54) is 17.7 Å². The van der Waals surface area contributed by atoms with Crippen LogP contribution in [0.2, 0.25) is 0 Å². The number of benzene rings is 1. The lowest BCUT2D eigenvalue weighted by Gasteiger charge is -2.06. The van der Waals surface area contributed by atoms with E-state index in [0.717, 1.165) is 21.0 Å². The van der Waals surface area contributed by atoms with E-state index in [1.54, 1.807) is 12.1 Å². The molecule has 0 atom stereocenters. The molecule has 0 fully saturated rings. The van der Waals surface area contributed by atoms with Gasteiger partial charge in [0.25, 0.3) is 5.69 Å². The topological polar surface area (TPSA) is 110 Å². The first kappa shape index (κ1) is 13.4. The predicted octanol–water partition coefficient (Wildman–Crippen LogP) is 2.29. The van der Waals surface area contributed by atoms with Crippen molar-refractivity contribution < 1.29 is 4.92 Å². The van der Waals surface area contributed by atoms with Gasteiger partial charge in [-0.25, -0.2) is 9.97 Å². The number of H-pyrrole nitrogens is 1. The summed E-state index contributed by atoms with van der Waals surface area (Å²) >= 11 is 1.45. The van der Waals surface area contributed by atoms with Gasteiger partial charge in [-0.3, -0.25) is 15.2 Å². The molecule has 0 aliphatic rings. The third-order valence-electron chi connectivity index (χ3n) is 2.95. The summed E-state index contributed by atoms with van der Waals surface area (Å²) in [5.41, 5.74) is 1.30. The molecule has 0 saturated heterocycles. The summed E-state index contributed by atoms with van der Waals surface area (Å²) in [5, 5.41) is 21.6. The highest BCUT2D eigenvalue weighted by Gasteiger charge is 2.16. The fraction of sp³-hybridized carbons (Fsp3) is 0.250. The molecule has 0 aliphatic carbocycles. The van der Waals surface area contributed by atoms with Gasteiger partial charge < -0.3 is 5.32 Å². The van der Waals surface area contributed by atoms with Crippen LogP contribution < -0.4 is 5.32 Å². The van der Waals surface area contributed by atoms with Crippen LogP contribution in [-0.4, -0.2) is 31.6 Å². The van der Waals surface area contributed by atoms with Gasteiger partial charge in [0.15, 0.2) is 0 Å². The van der Waals surface area contributed by atoms with Crippen molar-refractivity contribution in [3.8, 4) is 0 Å². The molecule has 0 aliphatic heterocycles. The maximum absolute atomic E-state index is 11.2. The van der Waals surface area contributed by atoms with Crippen LogP contribution in [0.25, 0.3) is 10.2 Å². The molecule has 8 nitrogen and oxygen atoms in total. The quantitative estimate of drug-likeness (QED) is 0.553. The number of hydrogen-bond donors (Lipinski definition) is 2. The Morgan fingerprint density at radius 1 is 1.48 bits per heavy atom. The average Bonchev–Trinajstić information content (AvgIpc) is 3.05. The van der Waals surface area contributed by atoms with Gasteiger partial charge in [-0.15, -0.1) is 11.3 Å². The Kier molecular flexibility index (Phi) is 3.48. The molecule has 0 radical (unpaired) electrons. The minimum Gasteiger partial charge on any atom is -0.379 e. The van der Waals surface area contributed by atoms with Crippen LogP contribution in [0.4, 0.5) is 11.4 Å². The summed E-state index contributed by atoms with van der Waals surface area (Å²) in [5.74, 6) is 0.732. The fourth-order valence-electron chi connectivity index (χ4n) is 2.04. The molecule has 0 unspecified atom stereocenters. The number of nitro benzene ring substituents is 1. The van der Waals surface area contributed by atoms with Crippen LogP contribution in [0.3, 0.4) is 0 Å². The van der Waals surface area contributed by atoms with Crippen LogP contribution in [-0.2, 0) is 6.42 Å². The van der Waals surface area contributed by atoms with Crippen molar-refractivity contribution in [2.45, 2.75) is 13.3 Å². The summed E-state index contributed by atoms with van der Waals surface area (Å²) < 4.78 is 0.819. The highest BCUT2D eigenvalue weighted by molar-refractivity contribution is 7.18. The van der Waals surface area contributed by atoms with Gasteiger partial charge in [-0.05, 0) is 13.0 Å². The summed E-state index contributed by atoms with van der Waals surface area (Å²) in [6.45, 7) is 2.40. The lowest BCUT2D eigenvalue weighted by atomic mass is 10.2. The Hall–Kier alpha value is -2.55. The molecular formula is C12H12N6O2S. The Morgan fingerprint density at radius 2 is 2.33 bits per heavy atom. The zero-order valence-corrected chi connectivity index (χ0v) is 12.0. The van der Waals surface area contributed by atoms with Gasteiger partial charge in [0.05, 0.1) is 20.1 Å². The summed E-state index contributed by atoms with van der Waals surface area (Å²) in [7, 11) is 0. The number of thiazole rings is 1. The van der Waals surface area contributed by atoms with E-state index < -0.39 is 0 Å². The van der Waals surface area contributed by atoms with Gasteiger partial charge in [0.2, 0.25) is 0 Å². The minimum atomic E-state index is -0.384. The van der Waals surface area contributed by atoms with Crippen molar-refractivity contribution in [1.82, 2.24) is 20.2 Å². The van der Waals surface area contributed by atoms with Crippen LogP contribution in [0.5, 0.6) is 0 Å². The smallest absolute Gasteiger partial charge is 0.293 e. The van der Waals surface area contributed by atoms with Gasteiger partial charge >= 0.3 is 0 Å². The van der Waals surface area contributed by atoms with Gasteiger partial charge in [0.1, 0.15) is 17.8 Å². The van der Waals surface area contributed by atoms with Crippen LogP contribution in [0.15, 0.2) is 18.5 Å². The Morgan fingerprint density at radius 3 is 3.05 bits per heavy atom. The van der Waals surface area contributed by atoms with Gasteiger partial charge in [-0.2, -0.15) is 5.10 Å². The third kappa shape index (κ3) is 2.82.